The van der Waals surface area contributed by atoms with Crippen molar-refractivity contribution in [2.24, 2.45) is 7.05 Å². The minimum atomic E-state index is -0.0804. The van der Waals surface area contributed by atoms with Crippen LogP contribution in [0.3, 0.4) is 0 Å². The molecule has 3 heterocycles. The van der Waals surface area contributed by atoms with Crippen LogP contribution in [0.2, 0.25) is 0 Å². The van der Waals surface area contributed by atoms with Gasteiger partial charge in [-0.1, -0.05) is 24.3 Å². The van der Waals surface area contributed by atoms with E-state index < -0.39 is 0 Å². The van der Waals surface area contributed by atoms with Crippen LogP contribution in [0.5, 0.6) is 11.5 Å². The number of nitrogens with zero attached hydrogens (tertiary/aromatic N) is 6. The Kier molecular flexibility index (Phi) is 4.09. The molecule has 1 atom stereocenters. The normalized spacial score (nSPS) is 16.2. The summed E-state index contributed by atoms with van der Waals surface area (Å²) in [5.74, 6) is 2.35. The highest BCUT2D eigenvalue weighted by Crippen LogP contribution is 2.31. The predicted molar refractivity (Wildman–Crippen MR) is 93.0 cm³/mol. The molecule has 0 bridgehead atoms. The van der Waals surface area contributed by atoms with Crippen molar-refractivity contribution in [3.05, 3.63) is 30.6 Å². The average molecular weight is 340 g/mol. The van der Waals surface area contributed by atoms with E-state index in [2.05, 4.69) is 32.1 Å². The number of aryl methyl sites for hydroxylation is 1. The van der Waals surface area contributed by atoms with E-state index in [4.69, 9.17) is 9.47 Å². The topological polar surface area (TPSA) is 78.2 Å². The van der Waals surface area contributed by atoms with Gasteiger partial charge in [-0.3, -0.25) is 0 Å². The zero-order valence-corrected chi connectivity index (χ0v) is 14.3. The maximum Gasteiger partial charge on any atom is 0.183 e. The standard InChI is InChI=1S/C17H20N6O2/c1-3-8-23(17-15-16(18-11-19-17)22(2)21-20-15)9-12-10-24-13-6-4-5-7-14(13)25-12/h4-7,11-12H,3,8-10H2,1-2H3. The highest BCUT2D eigenvalue weighted by atomic mass is 16.6. The van der Waals surface area contributed by atoms with Crippen molar-refractivity contribution in [3.8, 4) is 11.5 Å². The largest absolute Gasteiger partial charge is 0.486 e. The van der Waals surface area contributed by atoms with Crippen LogP contribution in [-0.2, 0) is 7.05 Å². The van der Waals surface area contributed by atoms with Crippen LogP contribution in [0.25, 0.3) is 11.2 Å². The van der Waals surface area contributed by atoms with Crippen LogP contribution in [0.1, 0.15) is 13.3 Å². The lowest BCUT2D eigenvalue weighted by Gasteiger charge is -2.31. The molecule has 1 aliphatic heterocycles. The van der Waals surface area contributed by atoms with Crippen molar-refractivity contribution < 1.29 is 9.47 Å². The van der Waals surface area contributed by atoms with E-state index in [0.717, 1.165) is 35.9 Å². The average Bonchev–Trinajstić information content (AvgIpc) is 3.03. The summed E-state index contributed by atoms with van der Waals surface area (Å²) in [4.78, 5) is 10.9. The van der Waals surface area contributed by atoms with E-state index in [0.29, 0.717) is 18.7 Å². The number of para-hydroxylation sites is 2. The molecule has 1 aliphatic rings. The van der Waals surface area contributed by atoms with Crippen LogP contribution in [-0.4, -0.2) is 50.8 Å². The summed E-state index contributed by atoms with van der Waals surface area (Å²) in [5.41, 5.74) is 1.42. The molecule has 0 fully saturated rings. The first kappa shape index (κ1) is 15.6. The Hall–Kier alpha value is -2.90. The number of benzene rings is 1. The SMILES string of the molecule is CCCN(CC1COc2ccccc2O1)c1ncnc2c1nnn2C. The van der Waals surface area contributed by atoms with Gasteiger partial charge in [0.15, 0.2) is 34.6 Å². The summed E-state index contributed by atoms with van der Waals surface area (Å²) < 4.78 is 13.6. The number of ether oxygens (including phenoxy) is 2. The Morgan fingerprint density at radius 1 is 1.24 bits per heavy atom. The Morgan fingerprint density at radius 3 is 2.92 bits per heavy atom. The molecule has 0 radical (unpaired) electrons. The number of anilines is 1. The fraction of sp³-hybridized carbons (Fsp3) is 0.412. The lowest BCUT2D eigenvalue weighted by atomic mass is 10.2. The van der Waals surface area contributed by atoms with Crippen molar-refractivity contribution in [2.75, 3.05) is 24.6 Å². The van der Waals surface area contributed by atoms with Crippen LogP contribution in [0.4, 0.5) is 5.82 Å². The van der Waals surface area contributed by atoms with Gasteiger partial charge in [0.2, 0.25) is 0 Å². The summed E-state index contributed by atoms with van der Waals surface area (Å²) in [6, 6.07) is 7.74. The van der Waals surface area contributed by atoms with Crippen molar-refractivity contribution in [1.29, 1.82) is 0 Å². The smallest absolute Gasteiger partial charge is 0.183 e. The molecule has 25 heavy (non-hydrogen) atoms. The number of rotatable bonds is 5. The first-order valence-electron chi connectivity index (χ1n) is 8.40. The van der Waals surface area contributed by atoms with Gasteiger partial charge < -0.3 is 14.4 Å². The number of aromatic nitrogens is 5. The van der Waals surface area contributed by atoms with Crippen molar-refractivity contribution in [2.45, 2.75) is 19.4 Å². The minimum Gasteiger partial charge on any atom is -0.486 e. The van der Waals surface area contributed by atoms with E-state index in [1.165, 1.54) is 0 Å². The molecule has 8 heteroatoms. The Bertz CT molecular complexity index is 880. The predicted octanol–water partition coefficient (Wildman–Crippen LogP) is 1.81. The number of hydrogen-bond acceptors (Lipinski definition) is 7. The molecule has 0 saturated carbocycles. The molecule has 1 unspecified atom stereocenters. The zero-order valence-electron chi connectivity index (χ0n) is 14.3. The maximum absolute atomic E-state index is 6.10. The van der Waals surface area contributed by atoms with E-state index >= 15 is 0 Å². The molecule has 0 saturated heterocycles. The number of fused-ring (bicyclic) bond motifs is 2. The van der Waals surface area contributed by atoms with Gasteiger partial charge in [-0.15, -0.1) is 5.10 Å². The molecule has 0 N–H and O–H groups in total. The van der Waals surface area contributed by atoms with E-state index in [1.54, 1.807) is 11.0 Å². The Labute approximate surface area is 145 Å². The lowest BCUT2D eigenvalue weighted by molar-refractivity contribution is 0.0951. The van der Waals surface area contributed by atoms with Crippen molar-refractivity contribution in [1.82, 2.24) is 25.0 Å². The summed E-state index contributed by atoms with van der Waals surface area (Å²) in [5, 5.41) is 8.28. The van der Waals surface area contributed by atoms with Gasteiger partial charge in [0.25, 0.3) is 0 Å². The molecular formula is C17H20N6O2. The third kappa shape index (κ3) is 2.95. The minimum absolute atomic E-state index is 0.0804. The lowest BCUT2D eigenvalue weighted by Crippen LogP contribution is -2.42. The van der Waals surface area contributed by atoms with Crippen LogP contribution in [0.15, 0.2) is 30.6 Å². The molecule has 0 aliphatic carbocycles. The first-order valence-corrected chi connectivity index (χ1v) is 8.40. The van der Waals surface area contributed by atoms with Crippen LogP contribution >= 0.6 is 0 Å². The second-order valence-corrected chi connectivity index (χ2v) is 6.03. The van der Waals surface area contributed by atoms with Crippen LogP contribution < -0.4 is 14.4 Å². The highest BCUT2D eigenvalue weighted by Gasteiger charge is 2.25. The second-order valence-electron chi connectivity index (χ2n) is 6.03. The molecule has 2 aromatic heterocycles. The van der Waals surface area contributed by atoms with Gasteiger partial charge in [0.05, 0.1) is 6.54 Å². The third-order valence-corrected chi connectivity index (χ3v) is 4.15. The Balaban J connectivity index is 1.60. The Morgan fingerprint density at radius 2 is 2.08 bits per heavy atom. The van der Waals surface area contributed by atoms with Crippen LogP contribution in [0, 0.1) is 0 Å². The maximum atomic E-state index is 6.10. The molecule has 8 nitrogen and oxygen atoms in total. The monoisotopic (exact) mass is 340 g/mol. The van der Waals surface area contributed by atoms with Gasteiger partial charge in [0, 0.05) is 13.6 Å². The third-order valence-electron chi connectivity index (χ3n) is 4.15. The van der Waals surface area contributed by atoms with E-state index in [1.807, 2.05) is 31.3 Å². The molecular weight excluding hydrogens is 320 g/mol. The fourth-order valence-electron chi connectivity index (χ4n) is 3.02. The van der Waals surface area contributed by atoms with E-state index in [9.17, 15) is 0 Å². The van der Waals surface area contributed by atoms with Gasteiger partial charge >= 0.3 is 0 Å². The van der Waals surface area contributed by atoms with Crippen molar-refractivity contribution in [3.63, 3.8) is 0 Å². The number of hydrogen-bond donors (Lipinski definition) is 0. The van der Waals surface area contributed by atoms with Gasteiger partial charge in [-0.2, -0.15) is 0 Å². The zero-order chi connectivity index (χ0) is 17.2. The first-order chi connectivity index (χ1) is 12.3. The second kappa shape index (κ2) is 6.54. The molecule has 0 spiro atoms. The summed E-state index contributed by atoms with van der Waals surface area (Å²) >= 11 is 0. The fourth-order valence-corrected chi connectivity index (χ4v) is 3.02. The summed E-state index contributed by atoms with van der Waals surface area (Å²) in [7, 11) is 1.82. The van der Waals surface area contributed by atoms with Crippen molar-refractivity contribution >= 4 is 17.0 Å². The molecule has 1 aromatic carbocycles. The summed E-state index contributed by atoms with van der Waals surface area (Å²) in [6.45, 7) is 4.14. The highest BCUT2D eigenvalue weighted by molar-refractivity contribution is 5.82. The molecule has 0 amide bonds. The quantitative estimate of drug-likeness (QED) is 0.701. The van der Waals surface area contributed by atoms with Gasteiger partial charge in [0.1, 0.15) is 12.9 Å². The molecule has 3 aromatic rings. The van der Waals surface area contributed by atoms with E-state index in [-0.39, 0.29) is 6.10 Å². The van der Waals surface area contributed by atoms with Gasteiger partial charge in [-0.05, 0) is 18.6 Å². The molecule has 130 valence electrons. The molecule has 4 rings (SSSR count). The summed E-state index contributed by atoms with van der Waals surface area (Å²) in [6.07, 6.45) is 2.45. The van der Waals surface area contributed by atoms with Gasteiger partial charge in [-0.25, -0.2) is 14.6 Å².